The number of aromatic amines is 1. The molecule has 1 fully saturated rings. The third-order valence-electron chi connectivity index (χ3n) is 4.93. The van der Waals surface area contributed by atoms with Gasteiger partial charge in [-0.25, -0.2) is 13.8 Å². The number of rotatable bonds is 4. The fourth-order valence-electron chi connectivity index (χ4n) is 3.68. The molecule has 1 aliphatic rings. The molecular weight excluding hydrogens is 445 g/mol. The number of H-pyrrole nitrogens is 1. The number of hydrogen-bond acceptors (Lipinski definition) is 5. The smallest absolute Gasteiger partial charge is 0.147 e. The zero-order valence-electron chi connectivity index (χ0n) is 17.5. The molecule has 0 radical (unpaired) electrons. The molecule has 2 N–H and O–H groups in total. The summed E-state index contributed by atoms with van der Waals surface area (Å²) in [6.07, 6.45) is 7.11. The Morgan fingerprint density at radius 2 is 1.74 bits per heavy atom. The molecule has 0 bridgehead atoms. The Kier molecular flexibility index (Phi) is 7.97. The van der Waals surface area contributed by atoms with Gasteiger partial charge in [-0.05, 0) is 39.3 Å². The van der Waals surface area contributed by atoms with Crippen LogP contribution in [0.2, 0.25) is 0 Å². The summed E-state index contributed by atoms with van der Waals surface area (Å²) in [5, 5.41) is 9.97. The predicted octanol–water partition coefficient (Wildman–Crippen LogP) is 4.62. The van der Waals surface area contributed by atoms with E-state index in [0.717, 1.165) is 37.5 Å². The van der Waals surface area contributed by atoms with Crippen LogP contribution < -0.4 is 10.2 Å². The lowest BCUT2D eigenvalue weighted by atomic mass is 10.0. The Morgan fingerprint density at radius 3 is 2.35 bits per heavy atom. The van der Waals surface area contributed by atoms with Gasteiger partial charge in [0.1, 0.15) is 17.5 Å². The fourth-order valence-corrected chi connectivity index (χ4v) is 3.68. The van der Waals surface area contributed by atoms with Crippen molar-refractivity contribution in [2.75, 3.05) is 18.0 Å². The standard InChI is InChI=1S/C21H24F2N6.2ClH/c1-21(2,3)28-14-4-5-29(12-14)20-11-24-19(10-25-20)16-7-17(22)15(6-18(16)23)13-8-26-27-9-13;;/h6-11,14,28H,4-5,12H2,1-3H3,(H,26,27);2*1H. The van der Waals surface area contributed by atoms with E-state index in [1.807, 2.05) is 0 Å². The molecule has 1 aliphatic heterocycles. The van der Waals surface area contributed by atoms with Crippen LogP contribution in [-0.4, -0.2) is 44.8 Å². The van der Waals surface area contributed by atoms with Crippen LogP contribution in [0.3, 0.4) is 0 Å². The van der Waals surface area contributed by atoms with Crippen molar-refractivity contribution in [3.63, 3.8) is 0 Å². The Bertz CT molecular complexity index is 990. The van der Waals surface area contributed by atoms with Crippen LogP contribution in [0.1, 0.15) is 27.2 Å². The van der Waals surface area contributed by atoms with Crippen LogP contribution in [0.25, 0.3) is 22.4 Å². The van der Waals surface area contributed by atoms with Crippen molar-refractivity contribution in [3.8, 4) is 22.4 Å². The van der Waals surface area contributed by atoms with Gasteiger partial charge in [-0.3, -0.25) is 10.1 Å². The van der Waals surface area contributed by atoms with Crippen LogP contribution in [0, 0.1) is 11.6 Å². The molecule has 1 aromatic carbocycles. The second kappa shape index (κ2) is 9.89. The van der Waals surface area contributed by atoms with Crippen molar-refractivity contribution in [3.05, 3.63) is 48.6 Å². The number of nitrogens with zero attached hydrogens (tertiary/aromatic N) is 4. The second-order valence-corrected chi connectivity index (χ2v) is 8.38. The molecule has 168 valence electrons. The van der Waals surface area contributed by atoms with Crippen LogP contribution >= 0.6 is 24.8 Å². The maximum absolute atomic E-state index is 14.6. The zero-order valence-corrected chi connectivity index (χ0v) is 19.2. The van der Waals surface area contributed by atoms with Crippen LogP contribution in [0.4, 0.5) is 14.6 Å². The maximum atomic E-state index is 14.6. The van der Waals surface area contributed by atoms with Crippen LogP contribution in [0.5, 0.6) is 0 Å². The molecule has 2 aromatic heterocycles. The molecule has 1 saturated heterocycles. The van der Waals surface area contributed by atoms with E-state index in [1.54, 1.807) is 6.20 Å². The van der Waals surface area contributed by atoms with E-state index in [1.165, 1.54) is 18.6 Å². The summed E-state index contributed by atoms with van der Waals surface area (Å²) in [5.74, 6) is -0.354. The van der Waals surface area contributed by atoms with E-state index in [0.29, 0.717) is 17.3 Å². The summed E-state index contributed by atoms with van der Waals surface area (Å²) in [6, 6.07) is 2.70. The number of benzene rings is 1. The average Bonchev–Trinajstić information content (AvgIpc) is 3.34. The molecule has 4 rings (SSSR count). The van der Waals surface area contributed by atoms with E-state index < -0.39 is 11.6 Å². The van der Waals surface area contributed by atoms with Gasteiger partial charge >= 0.3 is 0 Å². The van der Waals surface area contributed by atoms with Gasteiger partial charge in [-0.15, -0.1) is 24.8 Å². The molecule has 10 heteroatoms. The largest absolute Gasteiger partial charge is 0.354 e. The first-order chi connectivity index (χ1) is 13.8. The number of anilines is 1. The minimum absolute atomic E-state index is 0. The van der Waals surface area contributed by atoms with E-state index in [4.69, 9.17) is 0 Å². The third kappa shape index (κ3) is 5.70. The van der Waals surface area contributed by atoms with E-state index >= 15 is 0 Å². The lowest BCUT2D eigenvalue weighted by Crippen LogP contribution is -2.44. The first-order valence-electron chi connectivity index (χ1n) is 9.63. The molecule has 1 unspecified atom stereocenters. The summed E-state index contributed by atoms with van der Waals surface area (Å²) < 4.78 is 29.1. The van der Waals surface area contributed by atoms with Gasteiger partial charge in [0.15, 0.2) is 0 Å². The normalized spacial score (nSPS) is 16.0. The first kappa shape index (κ1) is 25.0. The predicted molar refractivity (Wildman–Crippen MR) is 123 cm³/mol. The quantitative estimate of drug-likeness (QED) is 0.581. The Balaban J connectivity index is 0.00000171. The fraction of sp³-hybridized carbons (Fsp3) is 0.381. The highest BCUT2D eigenvalue weighted by molar-refractivity contribution is 5.85. The van der Waals surface area contributed by atoms with Gasteiger partial charge in [0.25, 0.3) is 0 Å². The number of aromatic nitrogens is 4. The van der Waals surface area contributed by atoms with Gasteiger partial charge in [-0.1, -0.05) is 0 Å². The summed E-state index contributed by atoms with van der Waals surface area (Å²) >= 11 is 0. The molecule has 0 saturated carbocycles. The minimum atomic E-state index is -0.555. The highest BCUT2D eigenvalue weighted by Crippen LogP contribution is 2.30. The van der Waals surface area contributed by atoms with Crippen LogP contribution in [0.15, 0.2) is 36.9 Å². The Hall–Kier alpha value is -2.29. The lowest BCUT2D eigenvalue weighted by Gasteiger charge is -2.26. The van der Waals surface area contributed by atoms with Gasteiger partial charge < -0.3 is 10.2 Å². The van der Waals surface area contributed by atoms with Gasteiger partial charge in [0.05, 0.1) is 24.3 Å². The van der Waals surface area contributed by atoms with Crippen molar-refractivity contribution < 1.29 is 8.78 Å². The van der Waals surface area contributed by atoms with Gasteiger partial charge in [0.2, 0.25) is 0 Å². The molecule has 0 amide bonds. The third-order valence-corrected chi connectivity index (χ3v) is 4.93. The van der Waals surface area contributed by atoms with Crippen molar-refractivity contribution >= 4 is 30.6 Å². The minimum Gasteiger partial charge on any atom is -0.354 e. The summed E-state index contributed by atoms with van der Waals surface area (Å²) in [5.41, 5.74) is 1.08. The molecule has 0 aliphatic carbocycles. The van der Waals surface area contributed by atoms with E-state index in [-0.39, 0.29) is 41.5 Å². The zero-order chi connectivity index (χ0) is 20.6. The SMILES string of the molecule is CC(C)(C)NC1CCN(c2cnc(-c3cc(F)c(-c4cn[nH]c4)cc3F)cn2)C1.Cl.Cl. The molecule has 3 aromatic rings. The number of nitrogens with one attached hydrogen (secondary N) is 2. The summed E-state index contributed by atoms with van der Waals surface area (Å²) in [6.45, 7) is 8.17. The monoisotopic (exact) mass is 470 g/mol. The number of hydrogen-bond donors (Lipinski definition) is 2. The van der Waals surface area contributed by atoms with E-state index in [9.17, 15) is 8.78 Å². The molecule has 3 heterocycles. The molecule has 6 nitrogen and oxygen atoms in total. The first-order valence-corrected chi connectivity index (χ1v) is 9.63. The van der Waals surface area contributed by atoms with Crippen molar-refractivity contribution in [2.24, 2.45) is 0 Å². The van der Waals surface area contributed by atoms with E-state index in [2.05, 4.69) is 51.2 Å². The van der Waals surface area contributed by atoms with Crippen molar-refractivity contribution in [2.45, 2.75) is 38.8 Å². The summed E-state index contributed by atoms with van der Waals surface area (Å²) in [4.78, 5) is 10.9. The summed E-state index contributed by atoms with van der Waals surface area (Å²) in [7, 11) is 0. The maximum Gasteiger partial charge on any atom is 0.147 e. The van der Waals surface area contributed by atoms with Crippen molar-refractivity contribution in [1.29, 1.82) is 0 Å². The lowest BCUT2D eigenvalue weighted by molar-refractivity contribution is 0.373. The Morgan fingerprint density at radius 1 is 1.03 bits per heavy atom. The molecule has 31 heavy (non-hydrogen) atoms. The van der Waals surface area contributed by atoms with Crippen LogP contribution in [-0.2, 0) is 0 Å². The second-order valence-electron chi connectivity index (χ2n) is 8.38. The topological polar surface area (TPSA) is 69.7 Å². The Labute approximate surface area is 192 Å². The molecular formula is C21H26Cl2F2N6. The van der Waals surface area contributed by atoms with Gasteiger partial charge in [0, 0.05) is 47.6 Å². The number of halogens is 4. The highest BCUT2D eigenvalue weighted by Gasteiger charge is 2.26. The van der Waals surface area contributed by atoms with Gasteiger partial charge in [-0.2, -0.15) is 5.10 Å². The van der Waals surface area contributed by atoms with Crippen molar-refractivity contribution in [1.82, 2.24) is 25.5 Å². The molecule has 1 atom stereocenters. The average molecular weight is 471 g/mol. The highest BCUT2D eigenvalue weighted by atomic mass is 35.5. The molecule has 0 spiro atoms.